The van der Waals surface area contributed by atoms with Crippen LogP contribution in [0.15, 0.2) is 30.3 Å². The van der Waals surface area contributed by atoms with Gasteiger partial charge in [0, 0.05) is 25.7 Å². The summed E-state index contributed by atoms with van der Waals surface area (Å²) < 4.78 is 7.02. The van der Waals surface area contributed by atoms with Crippen LogP contribution in [-0.2, 0) is 7.05 Å². The summed E-state index contributed by atoms with van der Waals surface area (Å²) in [6, 6.07) is 9.97. The largest absolute Gasteiger partial charge is 0.497 e. The lowest BCUT2D eigenvalue weighted by Crippen LogP contribution is -2.38. The second kappa shape index (κ2) is 7.85. The minimum Gasteiger partial charge on any atom is -0.497 e. The van der Waals surface area contributed by atoms with Crippen LogP contribution in [0, 0.1) is 6.92 Å². The third-order valence-corrected chi connectivity index (χ3v) is 6.03. The van der Waals surface area contributed by atoms with Crippen LogP contribution >= 0.6 is 0 Å². The predicted octanol–water partition coefficient (Wildman–Crippen LogP) is 4.36. The molecule has 152 valence electrons. The molecular weight excluding hydrogens is 364 g/mol. The standard InChI is InChI=1S/C23H28N4O2/c1-15-21-19(23(28)26(2)17-8-6-5-7-9-17)14-20(24-22(21)27(3)25-15)16-10-12-18(29-4)13-11-16/h10-14,17H,5-9H2,1-4H3. The Bertz CT molecular complexity index is 1030. The van der Waals surface area contributed by atoms with Gasteiger partial charge >= 0.3 is 0 Å². The number of hydrogen-bond acceptors (Lipinski definition) is 4. The number of carbonyl (C=O) groups excluding carboxylic acids is 1. The lowest BCUT2D eigenvalue weighted by molar-refractivity contribution is 0.0698. The summed E-state index contributed by atoms with van der Waals surface area (Å²) in [5.41, 5.74) is 3.96. The normalized spacial score (nSPS) is 14.9. The number of methoxy groups -OCH3 is 1. The molecule has 29 heavy (non-hydrogen) atoms. The van der Waals surface area contributed by atoms with Gasteiger partial charge in [-0.2, -0.15) is 5.10 Å². The summed E-state index contributed by atoms with van der Waals surface area (Å²) >= 11 is 0. The molecule has 2 heterocycles. The summed E-state index contributed by atoms with van der Waals surface area (Å²) in [5.74, 6) is 0.842. The van der Waals surface area contributed by atoms with Gasteiger partial charge in [-0.3, -0.25) is 9.48 Å². The fourth-order valence-electron chi connectivity index (χ4n) is 4.35. The topological polar surface area (TPSA) is 60.2 Å². The van der Waals surface area contributed by atoms with Crippen molar-refractivity contribution in [1.82, 2.24) is 19.7 Å². The molecule has 0 spiro atoms. The second-order valence-electron chi connectivity index (χ2n) is 7.90. The molecule has 4 rings (SSSR count). The molecule has 0 atom stereocenters. The van der Waals surface area contributed by atoms with Crippen LogP contribution in [0.4, 0.5) is 0 Å². The molecule has 6 heteroatoms. The molecule has 0 N–H and O–H groups in total. The van der Waals surface area contributed by atoms with Gasteiger partial charge in [-0.15, -0.1) is 0 Å². The van der Waals surface area contributed by atoms with Gasteiger partial charge in [-0.25, -0.2) is 4.98 Å². The van der Waals surface area contributed by atoms with Gasteiger partial charge in [0.1, 0.15) is 5.75 Å². The van der Waals surface area contributed by atoms with E-state index >= 15 is 0 Å². The number of ether oxygens (including phenoxy) is 1. The van der Waals surface area contributed by atoms with E-state index in [0.29, 0.717) is 11.6 Å². The zero-order chi connectivity index (χ0) is 20.5. The summed E-state index contributed by atoms with van der Waals surface area (Å²) in [5, 5.41) is 5.38. The SMILES string of the molecule is COc1ccc(-c2cc(C(=O)N(C)C3CCCCC3)c3c(C)nn(C)c3n2)cc1. The minimum absolute atomic E-state index is 0.0511. The van der Waals surface area contributed by atoms with Crippen molar-refractivity contribution in [3.63, 3.8) is 0 Å². The highest BCUT2D eigenvalue weighted by Gasteiger charge is 2.26. The summed E-state index contributed by atoms with van der Waals surface area (Å²) in [7, 11) is 5.46. The van der Waals surface area contributed by atoms with Gasteiger partial charge in [-0.1, -0.05) is 19.3 Å². The van der Waals surface area contributed by atoms with E-state index in [1.807, 2.05) is 56.3 Å². The van der Waals surface area contributed by atoms with Crippen molar-refractivity contribution in [1.29, 1.82) is 0 Å². The number of amides is 1. The highest BCUT2D eigenvalue weighted by atomic mass is 16.5. The molecule has 1 fully saturated rings. The lowest BCUT2D eigenvalue weighted by Gasteiger charge is -2.31. The fourth-order valence-corrected chi connectivity index (χ4v) is 4.35. The van der Waals surface area contributed by atoms with E-state index in [0.717, 1.165) is 46.6 Å². The number of nitrogens with zero attached hydrogens (tertiary/aromatic N) is 4. The van der Waals surface area contributed by atoms with E-state index in [1.165, 1.54) is 19.3 Å². The van der Waals surface area contributed by atoms with Crippen molar-refractivity contribution >= 4 is 16.9 Å². The molecular formula is C23H28N4O2. The molecule has 0 aliphatic heterocycles. The van der Waals surface area contributed by atoms with Crippen LogP contribution in [0.5, 0.6) is 5.75 Å². The molecule has 2 aromatic heterocycles. The molecule has 1 saturated carbocycles. The lowest BCUT2D eigenvalue weighted by atomic mass is 9.94. The average molecular weight is 393 g/mol. The average Bonchev–Trinajstić information content (AvgIpc) is 3.06. The Labute approximate surface area is 171 Å². The third-order valence-electron chi connectivity index (χ3n) is 6.03. The summed E-state index contributed by atoms with van der Waals surface area (Å²) in [6.07, 6.45) is 5.80. The van der Waals surface area contributed by atoms with E-state index in [4.69, 9.17) is 9.72 Å². The summed E-state index contributed by atoms with van der Waals surface area (Å²) in [4.78, 5) is 20.3. The Morgan fingerprint density at radius 2 is 1.86 bits per heavy atom. The van der Waals surface area contributed by atoms with Crippen molar-refractivity contribution < 1.29 is 9.53 Å². The monoisotopic (exact) mass is 392 g/mol. The number of aryl methyl sites for hydroxylation is 2. The second-order valence-corrected chi connectivity index (χ2v) is 7.90. The first-order chi connectivity index (χ1) is 14.0. The maximum absolute atomic E-state index is 13.5. The van der Waals surface area contributed by atoms with Gasteiger partial charge < -0.3 is 9.64 Å². The zero-order valence-corrected chi connectivity index (χ0v) is 17.6. The number of aromatic nitrogens is 3. The van der Waals surface area contributed by atoms with Crippen molar-refractivity contribution in [2.24, 2.45) is 7.05 Å². The number of carbonyl (C=O) groups is 1. The van der Waals surface area contributed by atoms with Crippen molar-refractivity contribution in [3.8, 4) is 17.0 Å². The van der Waals surface area contributed by atoms with Gasteiger partial charge in [-0.05, 0) is 50.1 Å². The Morgan fingerprint density at radius 1 is 1.17 bits per heavy atom. The first-order valence-corrected chi connectivity index (χ1v) is 10.3. The van der Waals surface area contributed by atoms with E-state index in [-0.39, 0.29) is 5.91 Å². The van der Waals surface area contributed by atoms with Crippen molar-refractivity contribution in [3.05, 3.63) is 41.6 Å². The highest BCUT2D eigenvalue weighted by molar-refractivity contribution is 6.07. The van der Waals surface area contributed by atoms with E-state index in [1.54, 1.807) is 11.8 Å². The predicted molar refractivity (Wildman–Crippen MR) is 114 cm³/mol. The first kappa shape index (κ1) is 19.4. The van der Waals surface area contributed by atoms with Crippen LogP contribution in [0.2, 0.25) is 0 Å². The number of hydrogen-bond donors (Lipinski definition) is 0. The van der Waals surface area contributed by atoms with Crippen LogP contribution in [0.3, 0.4) is 0 Å². The molecule has 0 radical (unpaired) electrons. The van der Waals surface area contributed by atoms with Crippen LogP contribution in [-0.4, -0.2) is 45.8 Å². The Balaban J connectivity index is 1.81. The fraction of sp³-hybridized carbons (Fsp3) is 0.435. The van der Waals surface area contributed by atoms with Crippen molar-refractivity contribution in [2.45, 2.75) is 45.1 Å². The van der Waals surface area contributed by atoms with Gasteiger partial charge in [0.2, 0.25) is 0 Å². The summed E-state index contributed by atoms with van der Waals surface area (Å²) in [6.45, 7) is 1.94. The van der Waals surface area contributed by atoms with Gasteiger partial charge in [0.25, 0.3) is 5.91 Å². The molecule has 0 unspecified atom stereocenters. The Kier molecular flexibility index (Phi) is 5.26. The Morgan fingerprint density at radius 3 is 2.52 bits per heavy atom. The van der Waals surface area contributed by atoms with E-state index in [9.17, 15) is 4.79 Å². The maximum Gasteiger partial charge on any atom is 0.254 e. The van der Waals surface area contributed by atoms with Crippen LogP contribution < -0.4 is 4.74 Å². The van der Waals surface area contributed by atoms with Crippen LogP contribution in [0.25, 0.3) is 22.3 Å². The third kappa shape index (κ3) is 3.59. The number of benzene rings is 1. The molecule has 1 amide bonds. The minimum atomic E-state index is 0.0511. The molecule has 3 aromatic rings. The van der Waals surface area contributed by atoms with Crippen LogP contribution in [0.1, 0.15) is 48.2 Å². The number of rotatable bonds is 4. The molecule has 6 nitrogen and oxygen atoms in total. The van der Waals surface area contributed by atoms with E-state index < -0.39 is 0 Å². The maximum atomic E-state index is 13.5. The highest BCUT2D eigenvalue weighted by Crippen LogP contribution is 2.30. The molecule has 1 aromatic carbocycles. The number of pyridine rings is 1. The molecule has 1 aliphatic carbocycles. The van der Waals surface area contributed by atoms with E-state index in [2.05, 4.69) is 5.10 Å². The van der Waals surface area contributed by atoms with Gasteiger partial charge in [0.15, 0.2) is 5.65 Å². The molecule has 1 aliphatic rings. The molecule has 0 bridgehead atoms. The zero-order valence-electron chi connectivity index (χ0n) is 17.6. The Hall–Kier alpha value is -2.89. The first-order valence-electron chi connectivity index (χ1n) is 10.3. The molecule has 0 saturated heterocycles. The van der Waals surface area contributed by atoms with Gasteiger partial charge in [0.05, 0.1) is 29.4 Å². The van der Waals surface area contributed by atoms with Crippen molar-refractivity contribution in [2.75, 3.05) is 14.2 Å². The number of fused-ring (bicyclic) bond motifs is 1. The quantitative estimate of drug-likeness (QED) is 0.662. The smallest absolute Gasteiger partial charge is 0.254 e.